The minimum atomic E-state index is -0.274. The van der Waals surface area contributed by atoms with Crippen molar-refractivity contribution in [1.29, 1.82) is 0 Å². The molecule has 0 amide bonds. The highest BCUT2D eigenvalue weighted by Crippen LogP contribution is 2.29. The molecule has 0 saturated heterocycles. The summed E-state index contributed by atoms with van der Waals surface area (Å²) in [6, 6.07) is 7.76. The van der Waals surface area contributed by atoms with Crippen LogP contribution < -0.4 is 16.0 Å². The molecule has 6 heteroatoms. The average Bonchev–Trinajstić information content (AvgIpc) is 2.95. The number of aromatic nitrogens is 2. The van der Waals surface area contributed by atoms with Gasteiger partial charge in [0.15, 0.2) is 0 Å². The molecule has 0 aliphatic rings. The molecule has 0 aliphatic heterocycles. The number of hydrogen-bond acceptors (Lipinski definition) is 4. The van der Waals surface area contributed by atoms with E-state index in [2.05, 4.69) is 0 Å². The molecule has 0 aliphatic carbocycles. The zero-order chi connectivity index (χ0) is 18.1. The van der Waals surface area contributed by atoms with Gasteiger partial charge in [0.1, 0.15) is 10.6 Å². The maximum Gasteiger partial charge on any atom is 0.331 e. The first-order chi connectivity index (χ1) is 12.0. The van der Waals surface area contributed by atoms with Crippen LogP contribution in [0.25, 0.3) is 22.4 Å². The van der Waals surface area contributed by atoms with Gasteiger partial charge in [-0.1, -0.05) is 18.2 Å². The predicted octanol–water partition coefficient (Wildman–Crippen LogP) is 3.27. The molecule has 130 valence electrons. The van der Waals surface area contributed by atoms with Crippen molar-refractivity contribution in [1.82, 2.24) is 9.13 Å². The number of methoxy groups -OCH3 is 1. The van der Waals surface area contributed by atoms with E-state index in [0.29, 0.717) is 16.8 Å². The highest BCUT2D eigenvalue weighted by Gasteiger charge is 2.16. The summed E-state index contributed by atoms with van der Waals surface area (Å²) in [4.78, 5) is 26.6. The molecule has 0 bridgehead atoms. The second-order valence-corrected chi connectivity index (χ2v) is 6.80. The van der Waals surface area contributed by atoms with Gasteiger partial charge in [-0.05, 0) is 43.2 Å². The first kappa shape index (κ1) is 17.2. The highest BCUT2D eigenvalue weighted by atomic mass is 32.1. The second kappa shape index (κ2) is 6.72. The summed E-state index contributed by atoms with van der Waals surface area (Å²) in [6.45, 7) is 4.10. The Morgan fingerprint density at radius 2 is 2.00 bits per heavy atom. The Bertz CT molecular complexity index is 1090. The molecule has 3 rings (SSSR count). The largest absolute Gasteiger partial charge is 0.497 e. The zero-order valence-electron chi connectivity index (χ0n) is 14.7. The van der Waals surface area contributed by atoms with Crippen molar-refractivity contribution in [3.8, 4) is 5.75 Å². The van der Waals surface area contributed by atoms with Crippen LogP contribution in [0.15, 0.2) is 33.9 Å². The standard InChI is InChI=1S/C19H20N2O3S/c1-5-21-17(22)16-12(2)15(25-18(16)20(3)19(21)23)10-9-13-7-6-8-14(11-13)24-4/h6-11H,5H2,1-4H3/b10-9+. The Hall–Kier alpha value is -2.60. The number of rotatable bonds is 4. The third kappa shape index (κ3) is 2.93. The van der Waals surface area contributed by atoms with Crippen molar-refractivity contribution in [2.24, 2.45) is 7.05 Å². The predicted molar refractivity (Wildman–Crippen MR) is 104 cm³/mol. The summed E-state index contributed by atoms with van der Waals surface area (Å²) in [5, 5.41) is 0.624. The van der Waals surface area contributed by atoms with Crippen LogP contribution in [0.2, 0.25) is 0 Å². The lowest BCUT2D eigenvalue weighted by Crippen LogP contribution is -2.38. The van der Waals surface area contributed by atoms with Crippen LogP contribution in [0.5, 0.6) is 5.75 Å². The number of aryl methyl sites for hydroxylation is 2. The monoisotopic (exact) mass is 356 g/mol. The van der Waals surface area contributed by atoms with Crippen molar-refractivity contribution in [3.63, 3.8) is 0 Å². The van der Waals surface area contributed by atoms with Crippen molar-refractivity contribution < 1.29 is 4.74 Å². The van der Waals surface area contributed by atoms with E-state index >= 15 is 0 Å². The Labute approximate surface area is 149 Å². The minimum absolute atomic E-state index is 0.213. The summed E-state index contributed by atoms with van der Waals surface area (Å²) in [7, 11) is 3.35. The van der Waals surface area contributed by atoms with Gasteiger partial charge >= 0.3 is 5.69 Å². The van der Waals surface area contributed by atoms with Gasteiger partial charge in [-0.25, -0.2) is 4.79 Å². The minimum Gasteiger partial charge on any atom is -0.497 e. The van der Waals surface area contributed by atoms with Gasteiger partial charge in [0, 0.05) is 18.5 Å². The summed E-state index contributed by atoms with van der Waals surface area (Å²) >= 11 is 1.46. The Kier molecular flexibility index (Phi) is 4.63. The number of benzene rings is 1. The van der Waals surface area contributed by atoms with E-state index in [1.807, 2.05) is 43.3 Å². The second-order valence-electron chi connectivity index (χ2n) is 5.77. The van der Waals surface area contributed by atoms with Crippen LogP contribution in [0.3, 0.4) is 0 Å². The molecule has 5 nitrogen and oxygen atoms in total. The van der Waals surface area contributed by atoms with Crippen LogP contribution in [0.1, 0.15) is 22.9 Å². The van der Waals surface area contributed by atoms with Crippen molar-refractivity contribution in [2.75, 3.05) is 7.11 Å². The molecule has 0 fully saturated rings. The smallest absolute Gasteiger partial charge is 0.331 e. The number of hydrogen-bond donors (Lipinski definition) is 0. The number of fused-ring (bicyclic) bond motifs is 1. The Morgan fingerprint density at radius 1 is 1.24 bits per heavy atom. The van der Waals surface area contributed by atoms with Crippen LogP contribution >= 0.6 is 11.3 Å². The topological polar surface area (TPSA) is 53.2 Å². The molecule has 0 radical (unpaired) electrons. The summed E-state index contributed by atoms with van der Waals surface area (Å²) in [5.41, 5.74) is 1.43. The fraction of sp³-hybridized carbons (Fsp3) is 0.263. The maximum atomic E-state index is 12.6. The molecule has 0 saturated carbocycles. The van der Waals surface area contributed by atoms with E-state index < -0.39 is 0 Å². The lowest BCUT2D eigenvalue weighted by Gasteiger charge is -2.05. The fourth-order valence-electron chi connectivity index (χ4n) is 2.85. The number of nitrogens with zero attached hydrogens (tertiary/aromatic N) is 2. The molecule has 0 spiro atoms. The average molecular weight is 356 g/mol. The van der Waals surface area contributed by atoms with Gasteiger partial charge in [-0.3, -0.25) is 13.9 Å². The third-order valence-corrected chi connectivity index (χ3v) is 5.62. The first-order valence-electron chi connectivity index (χ1n) is 8.03. The molecule has 2 aromatic heterocycles. The van der Waals surface area contributed by atoms with E-state index in [0.717, 1.165) is 21.8 Å². The summed E-state index contributed by atoms with van der Waals surface area (Å²) in [6.07, 6.45) is 3.96. The van der Waals surface area contributed by atoms with E-state index in [1.165, 1.54) is 15.9 Å². The SMILES string of the molecule is CCn1c(=O)c2c(C)c(/C=C/c3cccc(OC)c3)sc2n(C)c1=O. The number of thiophene rings is 1. The fourth-order valence-corrected chi connectivity index (χ4v) is 4.01. The molecule has 1 aromatic carbocycles. The summed E-state index contributed by atoms with van der Waals surface area (Å²) < 4.78 is 8.07. The molecule has 0 atom stereocenters. The van der Waals surface area contributed by atoms with Crippen molar-refractivity contribution >= 4 is 33.7 Å². The van der Waals surface area contributed by atoms with Crippen LogP contribution in [0.4, 0.5) is 0 Å². The number of ether oxygens (including phenoxy) is 1. The van der Waals surface area contributed by atoms with E-state index in [4.69, 9.17) is 4.74 Å². The van der Waals surface area contributed by atoms with Crippen LogP contribution in [0, 0.1) is 6.92 Å². The van der Waals surface area contributed by atoms with E-state index in [9.17, 15) is 9.59 Å². The summed E-state index contributed by atoms with van der Waals surface area (Å²) in [5.74, 6) is 0.795. The molecule has 0 N–H and O–H groups in total. The van der Waals surface area contributed by atoms with Gasteiger partial charge in [0.05, 0.1) is 12.5 Å². The molecule has 3 aromatic rings. The molecule has 0 unspecified atom stereocenters. The van der Waals surface area contributed by atoms with Gasteiger partial charge in [0.2, 0.25) is 0 Å². The third-order valence-electron chi connectivity index (χ3n) is 4.28. The van der Waals surface area contributed by atoms with Crippen LogP contribution in [-0.2, 0) is 13.6 Å². The Morgan fingerprint density at radius 3 is 2.68 bits per heavy atom. The normalized spacial score (nSPS) is 11.5. The van der Waals surface area contributed by atoms with E-state index in [1.54, 1.807) is 25.6 Å². The molecule has 25 heavy (non-hydrogen) atoms. The molecular weight excluding hydrogens is 336 g/mol. The zero-order valence-corrected chi connectivity index (χ0v) is 15.5. The van der Waals surface area contributed by atoms with Crippen molar-refractivity contribution in [2.45, 2.75) is 20.4 Å². The lowest BCUT2D eigenvalue weighted by atomic mass is 10.1. The molecule has 2 heterocycles. The van der Waals surface area contributed by atoms with E-state index in [-0.39, 0.29) is 11.2 Å². The van der Waals surface area contributed by atoms with Gasteiger partial charge in [-0.2, -0.15) is 0 Å². The lowest BCUT2D eigenvalue weighted by molar-refractivity contribution is 0.414. The first-order valence-corrected chi connectivity index (χ1v) is 8.84. The van der Waals surface area contributed by atoms with Gasteiger partial charge in [0.25, 0.3) is 5.56 Å². The quantitative estimate of drug-likeness (QED) is 0.721. The van der Waals surface area contributed by atoms with Crippen LogP contribution in [-0.4, -0.2) is 16.2 Å². The highest BCUT2D eigenvalue weighted by molar-refractivity contribution is 7.19. The van der Waals surface area contributed by atoms with Gasteiger partial charge in [-0.15, -0.1) is 11.3 Å². The molecular formula is C19H20N2O3S. The maximum absolute atomic E-state index is 12.6. The van der Waals surface area contributed by atoms with Crippen molar-refractivity contribution in [3.05, 3.63) is 61.1 Å². The Balaban J connectivity index is 2.15. The van der Waals surface area contributed by atoms with Gasteiger partial charge < -0.3 is 4.74 Å².